The number of carbonyl (C=O) groups is 1. The maximum absolute atomic E-state index is 11.2. The van der Waals surface area contributed by atoms with Crippen LogP contribution in [0.5, 0.6) is 0 Å². The molecule has 0 fully saturated rings. The van der Waals surface area contributed by atoms with Crippen LogP contribution in [0.2, 0.25) is 0 Å². The third-order valence-electron chi connectivity index (χ3n) is 1.90. The van der Waals surface area contributed by atoms with Gasteiger partial charge in [0.25, 0.3) is 0 Å². The molecule has 84 valence electrons. The second-order valence-corrected chi connectivity index (χ2v) is 4.73. The van der Waals surface area contributed by atoms with E-state index in [9.17, 15) is 4.79 Å². The van der Waals surface area contributed by atoms with Crippen molar-refractivity contribution in [1.29, 1.82) is 0 Å². The van der Waals surface area contributed by atoms with Crippen molar-refractivity contribution >= 4 is 6.09 Å². The highest BCUT2D eigenvalue weighted by molar-refractivity contribution is 5.66. The summed E-state index contributed by atoms with van der Waals surface area (Å²) in [5, 5.41) is 0. The number of rotatable bonds is 4. The number of hydrogen-bond donors (Lipinski definition) is 0. The van der Waals surface area contributed by atoms with Gasteiger partial charge >= 0.3 is 6.09 Å². The monoisotopic (exact) mass is 202 g/mol. The lowest BCUT2D eigenvalue weighted by Crippen LogP contribution is -2.41. The van der Waals surface area contributed by atoms with Crippen LogP contribution in [0.4, 0.5) is 4.79 Å². The summed E-state index contributed by atoms with van der Waals surface area (Å²) in [6, 6.07) is 0. The normalized spacial score (nSPS) is 11.6. The summed E-state index contributed by atoms with van der Waals surface area (Å²) in [6.07, 6.45) is -0.281. The van der Waals surface area contributed by atoms with Gasteiger partial charge in [-0.2, -0.15) is 0 Å². The highest BCUT2D eigenvalue weighted by Crippen LogP contribution is 2.17. The summed E-state index contributed by atoms with van der Waals surface area (Å²) in [4.78, 5) is 14.9. The van der Waals surface area contributed by atoms with Gasteiger partial charge in [0.05, 0.1) is 7.11 Å². The van der Waals surface area contributed by atoms with Gasteiger partial charge in [0.1, 0.15) is 0 Å². The van der Waals surface area contributed by atoms with Gasteiger partial charge in [-0.25, -0.2) is 4.79 Å². The van der Waals surface area contributed by atoms with E-state index in [0.29, 0.717) is 6.54 Å². The number of amides is 1. The Bertz CT molecular complexity index is 191. The quantitative estimate of drug-likeness (QED) is 0.688. The molecule has 0 aromatic rings. The maximum Gasteiger partial charge on any atom is 0.409 e. The van der Waals surface area contributed by atoms with Crippen molar-refractivity contribution in [2.45, 2.75) is 13.8 Å². The first-order chi connectivity index (χ1) is 6.28. The van der Waals surface area contributed by atoms with Gasteiger partial charge in [-0.05, 0) is 19.5 Å². The van der Waals surface area contributed by atoms with E-state index in [0.717, 1.165) is 6.54 Å². The van der Waals surface area contributed by atoms with Gasteiger partial charge in [0, 0.05) is 20.1 Å². The lowest BCUT2D eigenvalue weighted by molar-refractivity contribution is 0.108. The minimum Gasteiger partial charge on any atom is -0.453 e. The molecule has 0 aromatic heterocycles. The molecule has 4 heteroatoms. The van der Waals surface area contributed by atoms with Crippen LogP contribution >= 0.6 is 0 Å². The molecule has 0 aliphatic carbocycles. The summed E-state index contributed by atoms with van der Waals surface area (Å²) in [5.74, 6) is 0. The van der Waals surface area contributed by atoms with Crippen LogP contribution in [0.3, 0.4) is 0 Å². The minimum absolute atomic E-state index is 0.0758. The van der Waals surface area contributed by atoms with Gasteiger partial charge in [0.15, 0.2) is 0 Å². The van der Waals surface area contributed by atoms with Crippen molar-refractivity contribution in [2.24, 2.45) is 5.41 Å². The predicted molar refractivity (Wildman–Crippen MR) is 57.4 cm³/mol. The van der Waals surface area contributed by atoms with Crippen molar-refractivity contribution in [3.8, 4) is 0 Å². The first kappa shape index (κ1) is 13.2. The highest BCUT2D eigenvalue weighted by Gasteiger charge is 2.23. The van der Waals surface area contributed by atoms with E-state index in [1.807, 2.05) is 14.1 Å². The van der Waals surface area contributed by atoms with E-state index < -0.39 is 0 Å². The predicted octanol–water partition coefficient (Wildman–Crippen LogP) is 1.27. The fourth-order valence-electron chi connectivity index (χ4n) is 1.77. The highest BCUT2D eigenvalue weighted by atomic mass is 16.5. The Balaban J connectivity index is 4.14. The van der Waals surface area contributed by atoms with Crippen LogP contribution < -0.4 is 0 Å². The molecule has 0 saturated carbocycles. The first-order valence-electron chi connectivity index (χ1n) is 4.72. The van der Waals surface area contributed by atoms with E-state index >= 15 is 0 Å². The molecule has 0 N–H and O–H groups in total. The molecule has 0 aromatic carbocycles. The Hall–Kier alpha value is -0.770. The van der Waals surface area contributed by atoms with Crippen LogP contribution in [0.15, 0.2) is 0 Å². The molecular weight excluding hydrogens is 180 g/mol. The fraction of sp³-hybridized carbons (Fsp3) is 0.900. The summed E-state index contributed by atoms with van der Waals surface area (Å²) < 4.78 is 4.64. The molecule has 0 heterocycles. The molecule has 0 aliphatic heterocycles. The van der Waals surface area contributed by atoms with E-state index in [1.165, 1.54) is 7.11 Å². The fourth-order valence-corrected chi connectivity index (χ4v) is 1.77. The molecule has 0 rings (SSSR count). The zero-order chi connectivity index (χ0) is 11.4. The second kappa shape index (κ2) is 5.20. The zero-order valence-electron chi connectivity index (χ0n) is 10.1. The topological polar surface area (TPSA) is 32.8 Å². The Labute approximate surface area is 86.8 Å². The van der Waals surface area contributed by atoms with Crippen molar-refractivity contribution in [3.63, 3.8) is 0 Å². The van der Waals surface area contributed by atoms with Crippen LogP contribution in [-0.4, -0.2) is 57.2 Å². The van der Waals surface area contributed by atoms with E-state index in [2.05, 4.69) is 23.5 Å². The Morgan fingerprint density at radius 1 is 1.21 bits per heavy atom. The Morgan fingerprint density at radius 3 is 2.07 bits per heavy atom. The van der Waals surface area contributed by atoms with Gasteiger partial charge in [-0.1, -0.05) is 13.8 Å². The van der Waals surface area contributed by atoms with Crippen molar-refractivity contribution in [3.05, 3.63) is 0 Å². The molecule has 14 heavy (non-hydrogen) atoms. The number of nitrogens with zero attached hydrogens (tertiary/aromatic N) is 2. The molecular formula is C10H22N2O2. The number of hydrogen-bond acceptors (Lipinski definition) is 3. The van der Waals surface area contributed by atoms with E-state index in [-0.39, 0.29) is 11.5 Å². The standard InChI is InChI=1S/C10H22N2O2/c1-10(2,7-11(3)4)8-12(5)9(13)14-6/h7-8H2,1-6H3. The summed E-state index contributed by atoms with van der Waals surface area (Å²) >= 11 is 0. The third-order valence-corrected chi connectivity index (χ3v) is 1.90. The maximum atomic E-state index is 11.2. The van der Waals surface area contributed by atoms with Gasteiger partial charge in [-0.3, -0.25) is 0 Å². The number of carbonyl (C=O) groups excluding carboxylic acids is 1. The van der Waals surface area contributed by atoms with Gasteiger partial charge in [0.2, 0.25) is 0 Å². The molecule has 1 amide bonds. The van der Waals surface area contributed by atoms with Crippen molar-refractivity contribution < 1.29 is 9.53 Å². The molecule has 0 unspecified atom stereocenters. The average molecular weight is 202 g/mol. The molecule has 0 aliphatic rings. The van der Waals surface area contributed by atoms with E-state index in [1.54, 1.807) is 11.9 Å². The van der Waals surface area contributed by atoms with Gasteiger partial charge < -0.3 is 14.5 Å². The molecule has 0 bridgehead atoms. The molecule has 0 saturated heterocycles. The lowest BCUT2D eigenvalue weighted by Gasteiger charge is -2.31. The third kappa shape index (κ3) is 5.07. The van der Waals surface area contributed by atoms with E-state index in [4.69, 9.17) is 0 Å². The lowest BCUT2D eigenvalue weighted by atomic mass is 9.92. The summed E-state index contributed by atoms with van der Waals surface area (Å²) in [5.41, 5.74) is 0.0758. The minimum atomic E-state index is -0.281. The van der Waals surface area contributed by atoms with Crippen LogP contribution in [0.1, 0.15) is 13.8 Å². The second-order valence-electron chi connectivity index (χ2n) is 4.73. The molecule has 0 spiro atoms. The number of ether oxygens (including phenoxy) is 1. The molecule has 4 nitrogen and oxygen atoms in total. The van der Waals surface area contributed by atoms with Crippen LogP contribution in [0, 0.1) is 5.41 Å². The smallest absolute Gasteiger partial charge is 0.409 e. The molecule has 0 atom stereocenters. The average Bonchev–Trinajstić information content (AvgIpc) is 1.99. The Morgan fingerprint density at radius 2 is 1.71 bits per heavy atom. The molecule has 0 radical (unpaired) electrons. The number of methoxy groups -OCH3 is 1. The van der Waals surface area contributed by atoms with Crippen molar-refractivity contribution in [2.75, 3.05) is 41.3 Å². The van der Waals surface area contributed by atoms with Crippen LogP contribution in [0.25, 0.3) is 0 Å². The van der Waals surface area contributed by atoms with Gasteiger partial charge in [-0.15, -0.1) is 0 Å². The summed E-state index contributed by atoms with van der Waals surface area (Å²) in [7, 11) is 7.21. The zero-order valence-corrected chi connectivity index (χ0v) is 10.1. The largest absolute Gasteiger partial charge is 0.453 e. The SMILES string of the molecule is COC(=O)N(C)CC(C)(C)CN(C)C. The first-order valence-corrected chi connectivity index (χ1v) is 4.72. The Kier molecular flexibility index (Phi) is 4.91. The summed E-state index contributed by atoms with van der Waals surface area (Å²) in [6.45, 7) is 5.89. The van der Waals surface area contributed by atoms with Crippen LogP contribution in [-0.2, 0) is 4.74 Å². The van der Waals surface area contributed by atoms with Crippen molar-refractivity contribution in [1.82, 2.24) is 9.80 Å².